The molecule has 0 aliphatic heterocycles. The van der Waals surface area contributed by atoms with Crippen molar-refractivity contribution in [3.63, 3.8) is 0 Å². The summed E-state index contributed by atoms with van der Waals surface area (Å²) in [6.45, 7) is 3.65. The van der Waals surface area contributed by atoms with Crippen molar-refractivity contribution in [1.82, 2.24) is 34.4 Å². The number of ether oxygens (including phenoxy) is 1. The number of hydrogen-bond donors (Lipinski definition) is 2. The van der Waals surface area contributed by atoms with E-state index >= 15 is 0 Å². The van der Waals surface area contributed by atoms with Gasteiger partial charge in [-0.05, 0) is 39.1 Å². The average Bonchev–Trinajstić information content (AvgIpc) is 3.32. The number of methoxy groups -OCH3 is 1. The number of esters is 1. The first kappa shape index (κ1) is 19.8. The van der Waals surface area contributed by atoms with Gasteiger partial charge in [0.1, 0.15) is 24.2 Å². The Morgan fingerprint density at radius 3 is 2.93 bits per heavy atom. The zero-order valence-electron chi connectivity index (χ0n) is 17.2. The number of hydrogen-bond acceptors (Lipinski definition) is 8. The van der Waals surface area contributed by atoms with Crippen LogP contribution in [0.2, 0.25) is 0 Å². The molecule has 30 heavy (non-hydrogen) atoms. The van der Waals surface area contributed by atoms with Crippen LogP contribution in [-0.2, 0) is 16.1 Å². The molecule has 4 rings (SSSR count). The Morgan fingerprint density at radius 2 is 2.13 bits per heavy atom. The molecule has 0 aliphatic rings. The number of anilines is 1. The molecular weight excluding hydrogens is 384 g/mol. The largest absolute Gasteiger partial charge is 0.468 e. The van der Waals surface area contributed by atoms with E-state index in [9.17, 15) is 4.79 Å². The number of nitrogens with one attached hydrogen (secondary N) is 2. The maximum absolute atomic E-state index is 11.8. The topological polar surface area (TPSA) is 111 Å². The highest BCUT2D eigenvalue weighted by atomic mass is 16.5. The highest BCUT2D eigenvalue weighted by molar-refractivity contribution is 5.91. The van der Waals surface area contributed by atoms with Crippen LogP contribution in [0.1, 0.15) is 12.2 Å². The van der Waals surface area contributed by atoms with Crippen LogP contribution in [0, 0.1) is 6.92 Å². The minimum absolute atomic E-state index is 0.0852. The molecule has 0 saturated carbocycles. The summed E-state index contributed by atoms with van der Waals surface area (Å²) < 4.78 is 8.42. The Kier molecular flexibility index (Phi) is 5.57. The van der Waals surface area contributed by atoms with Crippen LogP contribution < -0.4 is 10.6 Å². The van der Waals surface area contributed by atoms with E-state index in [1.54, 1.807) is 10.7 Å². The maximum Gasteiger partial charge on any atom is 0.325 e. The Morgan fingerprint density at radius 1 is 1.27 bits per heavy atom. The molecule has 0 bridgehead atoms. The lowest BCUT2D eigenvalue weighted by Crippen LogP contribution is -2.14. The van der Waals surface area contributed by atoms with Crippen LogP contribution in [0.4, 0.5) is 5.82 Å². The third kappa shape index (κ3) is 3.69. The summed E-state index contributed by atoms with van der Waals surface area (Å²) in [6, 6.07) is 3.97. The zero-order chi connectivity index (χ0) is 21.1. The standard InChI is InChI=1S/C20H24N8O2/c1-13-26-19-16(27(13)11-17(29)30-3)9-14(10-23-19)15-5-8-28-18(15)20(24-12-25-28)22-7-4-6-21-2/h5,8-10,12,21H,4,6-7,11H2,1-3H3,(H,22,24,25). The lowest BCUT2D eigenvalue weighted by molar-refractivity contribution is -0.141. The van der Waals surface area contributed by atoms with E-state index in [0.717, 1.165) is 47.5 Å². The molecule has 10 heteroatoms. The number of carbonyl (C=O) groups is 1. The van der Waals surface area contributed by atoms with Gasteiger partial charge >= 0.3 is 5.97 Å². The first-order valence-electron chi connectivity index (χ1n) is 9.73. The van der Waals surface area contributed by atoms with Crippen molar-refractivity contribution in [3.8, 4) is 11.1 Å². The lowest BCUT2D eigenvalue weighted by atomic mass is 10.1. The normalized spacial score (nSPS) is 11.3. The summed E-state index contributed by atoms with van der Waals surface area (Å²) >= 11 is 0. The second-order valence-corrected chi connectivity index (χ2v) is 6.90. The molecule has 2 N–H and O–H groups in total. The molecule has 0 aliphatic carbocycles. The lowest BCUT2D eigenvalue weighted by Gasteiger charge is -2.09. The zero-order valence-corrected chi connectivity index (χ0v) is 17.2. The predicted molar refractivity (Wildman–Crippen MR) is 113 cm³/mol. The monoisotopic (exact) mass is 408 g/mol. The smallest absolute Gasteiger partial charge is 0.325 e. The van der Waals surface area contributed by atoms with Gasteiger partial charge in [0.15, 0.2) is 11.5 Å². The summed E-state index contributed by atoms with van der Waals surface area (Å²) in [5.41, 5.74) is 4.08. The van der Waals surface area contributed by atoms with Gasteiger partial charge in [0.25, 0.3) is 0 Å². The van der Waals surface area contributed by atoms with Crippen molar-refractivity contribution in [1.29, 1.82) is 0 Å². The minimum Gasteiger partial charge on any atom is -0.468 e. The number of fused-ring (bicyclic) bond motifs is 2. The molecule has 0 saturated heterocycles. The molecule has 156 valence electrons. The van der Waals surface area contributed by atoms with Gasteiger partial charge in [-0.2, -0.15) is 5.10 Å². The first-order valence-corrected chi connectivity index (χ1v) is 9.73. The van der Waals surface area contributed by atoms with E-state index in [1.165, 1.54) is 13.4 Å². The third-order valence-electron chi connectivity index (χ3n) is 4.97. The molecule has 4 aromatic heterocycles. The molecule has 4 aromatic rings. The highest BCUT2D eigenvalue weighted by Crippen LogP contribution is 2.30. The summed E-state index contributed by atoms with van der Waals surface area (Å²) in [7, 11) is 3.31. The highest BCUT2D eigenvalue weighted by Gasteiger charge is 2.16. The maximum atomic E-state index is 11.8. The van der Waals surface area contributed by atoms with Gasteiger partial charge in [-0.25, -0.2) is 19.5 Å². The fourth-order valence-corrected chi connectivity index (χ4v) is 3.45. The molecule has 0 spiro atoms. The van der Waals surface area contributed by atoms with Crippen LogP contribution in [0.3, 0.4) is 0 Å². The van der Waals surface area contributed by atoms with Gasteiger partial charge in [-0.3, -0.25) is 4.79 Å². The van der Waals surface area contributed by atoms with Crippen molar-refractivity contribution in [2.75, 3.05) is 32.6 Å². The van der Waals surface area contributed by atoms with Gasteiger partial charge in [-0.1, -0.05) is 0 Å². The average molecular weight is 408 g/mol. The Bertz CT molecular complexity index is 1200. The van der Waals surface area contributed by atoms with E-state index in [2.05, 4.69) is 30.7 Å². The molecule has 4 heterocycles. The number of pyridine rings is 1. The van der Waals surface area contributed by atoms with Crippen LogP contribution in [0.5, 0.6) is 0 Å². The second-order valence-electron chi connectivity index (χ2n) is 6.90. The predicted octanol–water partition coefficient (Wildman–Crippen LogP) is 1.64. The third-order valence-corrected chi connectivity index (χ3v) is 4.97. The molecule has 10 nitrogen and oxygen atoms in total. The van der Waals surface area contributed by atoms with Crippen LogP contribution in [-0.4, -0.2) is 62.3 Å². The molecule has 0 atom stereocenters. The van der Waals surface area contributed by atoms with Gasteiger partial charge in [0.05, 0.1) is 12.6 Å². The van der Waals surface area contributed by atoms with Crippen LogP contribution in [0.25, 0.3) is 27.8 Å². The Balaban J connectivity index is 1.76. The van der Waals surface area contributed by atoms with Crippen molar-refractivity contribution in [2.45, 2.75) is 19.9 Å². The Labute approximate surface area is 173 Å². The molecule has 0 fully saturated rings. The van der Waals surface area contributed by atoms with E-state index in [-0.39, 0.29) is 12.5 Å². The summed E-state index contributed by atoms with van der Waals surface area (Å²) in [4.78, 5) is 25.2. The van der Waals surface area contributed by atoms with E-state index in [0.29, 0.717) is 11.5 Å². The number of rotatable bonds is 8. The van der Waals surface area contributed by atoms with Gasteiger partial charge in [0.2, 0.25) is 0 Å². The van der Waals surface area contributed by atoms with Gasteiger partial charge < -0.3 is 19.9 Å². The van der Waals surface area contributed by atoms with Gasteiger partial charge in [-0.15, -0.1) is 0 Å². The van der Waals surface area contributed by atoms with E-state index in [1.807, 2.05) is 36.9 Å². The quantitative estimate of drug-likeness (QED) is 0.334. The number of aromatic nitrogens is 6. The van der Waals surface area contributed by atoms with E-state index < -0.39 is 0 Å². The van der Waals surface area contributed by atoms with Crippen LogP contribution in [0.15, 0.2) is 30.9 Å². The molecule has 0 radical (unpaired) electrons. The van der Waals surface area contributed by atoms with Gasteiger partial charge in [0, 0.05) is 30.1 Å². The summed E-state index contributed by atoms with van der Waals surface area (Å²) in [5, 5.41) is 10.9. The fraction of sp³-hybridized carbons (Fsp3) is 0.350. The first-order chi connectivity index (χ1) is 14.6. The summed E-state index contributed by atoms with van der Waals surface area (Å²) in [5.74, 6) is 1.14. The minimum atomic E-state index is -0.335. The van der Waals surface area contributed by atoms with E-state index in [4.69, 9.17) is 4.74 Å². The molecule has 0 aromatic carbocycles. The van der Waals surface area contributed by atoms with Crippen molar-refractivity contribution >= 4 is 28.5 Å². The Hall–Kier alpha value is -3.53. The number of nitrogens with zero attached hydrogens (tertiary/aromatic N) is 6. The van der Waals surface area contributed by atoms with Crippen molar-refractivity contribution in [3.05, 3.63) is 36.7 Å². The molecular formula is C20H24N8O2. The molecule has 0 amide bonds. The fourth-order valence-electron chi connectivity index (χ4n) is 3.45. The summed E-state index contributed by atoms with van der Waals surface area (Å²) in [6.07, 6.45) is 6.19. The van der Waals surface area contributed by atoms with Crippen molar-refractivity contribution < 1.29 is 9.53 Å². The van der Waals surface area contributed by atoms with Crippen molar-refractivity contribution in [2.24, 2.45) is 0 Å². The number of aryl methyl sites for hydroxylation is 1. The molecule has 0 unspecified atom stereocenters. The number of carbonyl (C=O) groups excluding carboxylic acids is 1. The second kappa shape index (κ2) is 8.46. The SMILES string of the molecule is CNCCCNc1ncnn2ccc(-c3cnc4nc(C)n(CC(=O)OC)c4c3)c12. The van der Waals surface area contributed by atoms with Crippen LogP contribution >= 0.6 is 0 Å². The number of imidazole rings is 1.